The molecule has 5 heteroatoms. The molecule has 0 saturated heterocycles. The highest BCUT2D eigenvalue weighted by Crippen LogP contribution is 2.25. The zero-order valence-electron chi connectivity index (χ0n) is 11.6. The van der Waals surface area contributed by atoms with Crippen LogP contribution in [-0.2, 0) is 6.54 Å². The molecule has 0 aliphatic carbocycles. The summed E-state index contributed by atoms with van der Waals surface area (Å²) in [4.78, 5) is 0. The van der Waals surface area contributed by atoms with Crippen LogP contribution in [0.15, 0.2) is 42.5 Å². The lowest BCUT2D eigenvalue weighted by atomic mass is 10.2. The molecule has 0 spiro atoms. The molecule has 4 nitrogen and oxygen atoms in total. The summed E-state index contributed by atoms with van der Waals surface area (Å²) < 4.78 is 10.3. The Morgan fingerprint density at radius 2 is 1.95 bits per heavy atom. The minimum atomic E-state index is 0.0527. The SMILES string of the molecule is COc1ccc(CNc2ccc(OCC#N)cc2)cc1Cl. The molecule has 0 fully saturated rings. The van der Waals surface area contributed by atoms with Gasteiger partial charge in [0, 0.05) is 12.2 Å². The molecule has 2 rings (SSSR count). The van der Waals surface area contributed by atoms with E-state index in [2.05, 4.69) is 5.32 Å². The summed E-state index contributed by atoms with van der Waals surface area (Å²) in [6, 6.07) is 15.1. The van der Waals surface area contributed by atoms with Gasteiger partial charge in [0.05, 0.1) is 12.1 Å². The van der Waals surface area contributed by atoms with E-state index in [9.17, 15) is 0 Å². The van der Waals surface area contributed by atoms with Crippen molar-refractivity contribution in [2.45, 2.75) is 6.54 Å². The predicted octanol–water partition coefficient (Wildman–Crippen LogP) is 3.86. The van der Waals surface area contributed by atoms with Gasteiger partial charge in [-0.1, -0.05) is 17.7 Å². The van der Waals surface area contributed by atoms with Gasteiger partial charge in [-0.15, -0.1) is 0 Å². The minimum Gasteiger partial charge on any atom is -0.495 e. The number of rotatable bonds is 6. The average Bonchev–Trinajstić information content (AvgIpc) is 2.52. The summed E-state index contributed by atoms with van der Waals surface area (Å²) in [5.41, 5.74) is 2.02. The number of benzene rings is 2. The largest absolute Gasteiger partial charge is 0.495 e. The monoisotopic (exact) mass is 302 g/mol. The highest BCUT2D eigenvalue weighted by molar-refractivity contribution is 6.32. The first-order valence-electron chi connectivity index (χ1n) is 6.39. The lowest BCUT2D eigenvalue weighted by molar-refractivity contribution is 0.368. The lowest BCUT2D eigenvalue weighted by Crippen LogP contribution is -2.00. The molecule has 0 amide bonds. The molecule has 0 aromatic heterocycles. The fraction of sp³-hybridized carbons (Fsp3) is 0.188. The number of nitrogens with one attached hydrogen (secondary N) is 1. The van der Waals surface area contributed by atoms with E-state index in [1.807, 2.05) is 48.5 Å². The molecule has 0 heterocycles. The molecule has 2 aromatic rings. The quantitative estimate of drug-likeness (QED) is 0.880. The molecule has 108 valence electrons. The Kier molecular flexibility index (Phi) is 5.30. The van der Waals surface area contributed by atoms with Gasteiger partial charge in [-0.05, 0) is 42.0 Å². The van der Waals surface area contributed by atoms with E-state index in [-0.39, 0.29) is 6.61 Å². The molecular weight excluding hydrogens is 288 g/mol. The van der Waals surface area contributed by atoms with Crippen molar-refractivity contribution >= 4 is 17.3 Å². The Bertz CT molecular complexity index is 636. The number of hydrogen-bond donors (Lipinski definition) is 1. The van der Waals surface area contributed by atoms with Gasteiger partial charge in [0.1, 0.15) is 17.6 Å². The van der Waals surface area contributed by atoms with Gasteiger partial charge >= 0.3 is 0 Å². The minimum absolute atomic E-state index is 0.0527. The van der Waals surface area contributed by atoms with Crippen LogP contribution < -0.4 is 14.8 Å². The van der Waals surface area contributed by atoms with Gasteiger partial charge in [0.25, 0.3) is 0 Å². The van der Waals surface area contributed by atoms with Gasteiger partial charge in [-0.3, -0.25) is 0 Å². The summed E-state index contributed by atoms with van der Waals surface area (Å²) in [7, 11) is 1.59. The molecular formula is C16H15ClN2O2. The van der Waals surface area contributed by atoms with Gasteiger partial charge < -0.3 is 14.8 Å². The first-order valence-corrected chi connectivity index (χ1v) is 6.77. The van der Waals surface area contributed by atoms with E-state index >= 15 is 0 Å². The van der Waals surface area contributed by atoms with Gasteiger partial charge in [0.15, 0.2) is 6.61 Å². The number of nitriles is 1. The van der Waals surface area contributed by atoms with Gasteiger partial charge in [0.2, 0.25) is 0 Å². The number of methoxy groups -OCH3 is 1. The number of ether oxygens (including phenoxy) is 2. The third kappa shape index (κ3) is 4.30. The Morgan fingerprint density at radius 3 is 2.57 bits per heavy atom. The maximum Gasteiger partial charge on any atom is 0.174 e. The van der Waals surface area contributed by atoms with Crippen molar-refractivity contribution in [3.05, 3.63) is 53.1 Å². The molecule has 0 bridgehead atoms. The summed E-state index contributed by atoms with van der Waals surface area (Å²) >= 11 is 6.08. The second-order valence-corrected chi connectivity index (χ2v) is 4.70. The summed E-state index contributed by atoms with van der Waals surface area (Å²) in [6.45, 7) is 0.708. The number of nitrogens with zero attached hydrogens (tertiary/aromatic N) is 1. The van der Waals surface area contributed by atoms with E-state index in [1.54, 1.807) is 7.11 Å². The second-order valence-electron chi connectivity index (χ2n) is 4.29. The van der Waals surface area contributed by atoms with Crippen molar-refractivity contribution in [2.75, 3.05) is 19.0 Å². The third-order valence-corrected chi connectivity index (χ3v) is 3.17. The molecule has 0 unspecified atom stereocenters. The highest BCUT2D eigenvalue weighted by Gasteiger charge is 2.02. The predicted molar refractivity (Wildman–Crippen MR) is 82.9 cm³/mol. The van der Waals surface area contributed by atoms with Crippen molar-refractivity contribution in [1.82, 2.24) is 0 Å². The Morgan fingerprint density at radius 1 is 1.19 bits per heavy atom. The molecule has 2 aromatic carbocycles. The van der Waals surface area contributed by atoms with Crippen LogP contribution in [0.3, 0.4) is 0 Å². The maximum absolute atomic E-state index is 8.45. The zero-order valence-corrected chi connectivity index (χ0v) is 12.4. The molecule has 0 atom stereocenters. The van der Waals surface area contributed by atoms with Crippen molar-refractivity contribution in [1.29, 1.82) is 5.26 Å². The molecule has 0 saturated carbocycles. The van der Waals surface area contributed by atoms with E-state index in [1.165, 1.54) is 0 Å². The molecule has 1 N–H and O–H groups in total. The first kappa shape index (κ1) is 15.0. The number of halogens is 1. The van der Waals surface area contributed by atoms with E-state index in [4.69, 9.17) is 26.3 Å². The summed E-state index contributed by atoms with van der Waals surface area (Å²) in [5, 5.41) is 12.3. The number of hydrogen-bond acceptors (Lipinski definition) is 4. The standard InChI is InChI=1S/C16H15ClN2O2/c1-20-16-7-2-12(10-15(16)17)11-19-13-3-5-14(6-4-13)21-9-8-18/h2-7,10,19H,9,11H2,1H3. The number of anilines is 1. The van der Waals surface area contributed by atoms with E-state index in [0.717, 1.165) is 11.3 Å². The Hall–Kier alpha value is -2.38. The van der Waals surface area contributed by atoms with Crippen LogP contribution >= 0.6 is 11.6 Å². The van der Waals surface area contributed by atoms with Crippen LogP contribution in [0.4, 0.5) is 5.69 Å². The third-order valence-electron chi connectivity index (χ3n) is 2.87. The van der Waals surface area contributed by atoms with Gasteiger partial charge in [-0.2, -0.15) is 5.26 Å². The van der Waals surface area contributed by atoms with E-state index < -0.39 is 0 Å². The van der Waals surface area contributed by atoms with Crippen molar-refractivity contribution in [3.8, 4) is 17.6 Å². The first-order chi connectivity index (χ1) is 10.2. The van der Waals surface area contributed by atoms with E-state index in [0.29, 0.717) is 23.1 Å². The Balaban J connectivity index is 1.93. The fourth-order valence-electron chi connectivity index (χ4n) is 1.81. The van der Waals surface area contributed by atoms with Crippen molar-refractivity contribution in [3.63, 3.8) is 0 Å². The van der Waals surface area contributed by atoms with Crippen LogP contribution in [0.25, 0.3) is 0 Å². The zero-order chi connectivity index (χ0) is 15.1. The average molecular weight is 303 g/mol. The fourth-order valence-corrected chi connectivity index (χ4v) is 2.09. The van der Waals surface area contributed by atoms with Crippen molar-refractivity contribution in [2.24, 2.45) is 0 Å². The maximum atomic E-state index is 8.45. The second kappa shape index (κ2) is 7.41. The highest BCUT2D eigenvalue weighted by atomic mass is 35.5. The molecule has 0 aliphatic heterocycles. The molecule has 0 radical (unpaired) electrons. The Labute approximate surface area is 128 Å². The van der Waals surface area contributed by atoms with Crippen molar-refractivity contribution < 1.29 is 9.47 Å². The normalized spacial score (nSPS) is 9.76. The molecule has 21 heavy (non-hydrogen) atoms. The van der Waals surface area contributed by atoms with Gasteiger partial charge in [-0.25, -0.2) is 0 Å². The lowest BCUT2D eigenvalue weighted by Gasteiger charge is -2.09. The van der Waals surface area contributed by atoms with Crippen LogP contribution in [0.1, 0.15) is 5.56 Å². The molecule has 0 aliphatic rings. The van der Waals surface area contributed by atoms with Crippen LogP contribution in [0, 0.1) is 11.3 Å². The smallest absolute Gasteiger partial charge is 0.174 e. The topological polar surface area (TPSA) is 54.3 Å². The van der Waals surface area contributed by atoms with Crippen LogP contribution in [-0.4, -0.2) is 13.7 Å². The van der Waals surface area contributed by atoms with Crippen LogP contribution in [0.5, 0.6) is 11.5 Å². The summed E-state index contributed by atoms with van der Waals surface area (Å²) in [6.07, 6.45) is 0. The van der Waals surface area contributed by atoms with Crippen LogP contribution in [0.2, 0.25) is 5.02 Å². The summed E-state index contributed by atoms with van der Waals surface area (Å²) in [5.74, 6) is 1.34.